The quantitative estimate of drug-likeness (QED) is 0.441. The maximum atomic E-state index is 9.42. The Hall–Kier alpha value is -1.84. The third-order valence-electron chi connectivity index (χ3n) is 3.30. The minimum absolute atomic E-state index is 0.458. The van der Waals surface area contributed by atoms with Crippen molar-refractivity contribution >= 4 is 61.7 Å². The van der Waals surface area contributed by atoms with Crippen LogP contribution in [-0.4, -0.2) is 4.98 Å². The van der Waals surface area contributed by atoms with Gasteiger partial charge in [-0.15, -0.1) is 11.3 Å². The maximum Gasteiger partial charge on any atom is 0.136 e. The van der Waals surface area contributed by atoms with E-state index in [2.05, 4.69) is 32.3 Å². The van der Waals surface area contributed by atoms with Crippen molar-refractivity contribution in [2.75, 3.05) is 5.32 Å². The number of anilines is 1. The number of nitriles is 1. The average molecular weight is 451 g/mol. The smallest absolute Gasteiger partial charge is 0.136 e. The average Bonchev–Trinajstić information content (AvgIpc) is 3.09. The first-order chi connectivity index (χ1) is 12.1. The van der Waals surface area contributed by atoms with Crippen LogP contribution in [0.3, 0.4) is 0 Å². The zero-order valence-corrected chi connectivity index (χ0v) is 16.5. The first kappa shape index (κ1) is 18.0. The molecule has 0 saturated heterocycles. The summed E-state index contributed by atoms with van der Waals surface area (Å²) in [6.45, 7) is 0. The first-order valence-electron chi connectivity index (χ1n) is 7.10. The maximum absolute atomic E-state index is 9.42. The minimum atomic E-state index is 0.458. The van der Waals surface area contributed by atoms with Gasteiger partial charge in [0.1, 0.15) is 16.6 Å². The molecule has 2 aromatic carbocycles. The summed E-state index contributed by atoms with van der Waals surface area (Å²) >= 11 is 16.8. The Morgan fingerprint density at radius 1 is 1.16 bits per heavy atom. The van der Waals surface area contributed by atoms with Crippen LogP contribution in [0, 0.1) is 11.3 Å². The molecule has 0 unspecified atom stereocenters. The van der Waals surface area contributed by atoms with Gasteiger partial charge >= 0.3 is 0 Å². The summed E-state index contributed by atoms with van der Waals surface area (Å²) in [5.74, 6) is 0. The Morgan fingerprint density at radius 3 is 2.60 bits per heavy atom. The fourth-order valence-electron chi connectivity index (χ4n) is 2.03. The molecule has 0 saturated carbocycles. The standard InChI is InChI=1S/C18H10BrCl2N3S/c19-13-2-4-14(5-3-13)23-9-12(8-22)18-24-17(10-25-18)11-1-6-15(20)16(21)7-11/h1-7,9-10,23H. The van der Waals surface area contributed by atoms with Crippen molar-refractivity contribution < 1.29 is 0 Å². The summed E-state index contributed by atoms with van der Waals surface area (Å²) in [7, 11) is 0. The van der Waals surface area contributed by atoms with Crippen LogP contribution in [0.4, 0.5) is 5.69 Å². The molecule has 3 aromatic rings. The van der Waals surface area contributed by atoms with Crippen molar-refractivity contribution in [1.82, 2.24) is 4.98 Å². The zero-order valence-electron chi connectivity index (χ0n) is 12.6. The number of nitrogens with zero attached hydrogens (tertiary/aromatic N) is 2. The van der Waals surface area contributed by atoms with Gasteiger partial charge in [-0.1, -0.05) is 45.2 Å². The van der Waals surface area contributed by atoms with Gasteiger partial charge < -0.3 is 5.32 Å². The molecular formula is C18H10BrCl2N3S. The van der Waals surface area contributed by atoms with E-state index in [-0.39, 0.29) is 0 Å². The molecule has 7 heteroatoms. The molecule has 3 rings (SSSR count). The molecule has 3 nitrogen and oxygen atoms in total. The second-order valence-corrected chi connectivity index (χ2v) is 7.58. The number of hydrogen-bond donors (Lipinski definition) is 1. The monoisotopic (exact) mass is 449 g/mol. The zero-order chi connectivity index (χ0) is 17.8. The Bertz CT molecular complexity index is 975. The van der Waals surface area contributed by atoms with Gasteiger partial charge in [-0.2, -0.15) is 5.26 Å². The lowest BCUT2D eigenvalue weighted by Gasteiger charge is -2.01. The van der Waals surface area contributed by atoms with Crippen LogP contribution in [0.2, 0.25) is 10.0 Å². The van der Waals surface area contributed by atoms with E-state index < -0.39 is 0 Å². The van der Waals surface area contributed by atoms with Crippen molar-refractivity contribution in [3.05, 3.63) is 73.6 Å². The van der Waals surface area contributed by atoms with Gasteiger partial charge in [0, 0.05) is 27.3 Å². The molecule has 124 valence electrons. The number of benzene rings is 2. The van der Waals surface area contributed by atoms with E-state index in [0.717, 1.165) is 21.4 Å². The summed E-state index contributed by atoms with van der Waals surface area (Å²) in [6.07, 6.45) is 1.65. The highest BCUT2D eigenvalue weighted by atomic mass is 79.9. The van der Waals surface area contributed by atoms with Crippen molar-refractivity contribution in [2.24, 2.45) is 0 Å². The van der Waals surface area contributed by atoms with Gasteiger partial charge in [0.05, 0.1) is 15.7 Å². The third kappa shape index (κ3) is 4.42. The lowest BCUT2D eigenvalue weighted by Crippen LogP contribution is -1.90. The molecule has 1 aromatic heterocycles. The van der Waals surface area contributed by atoms with E-state index in [9.17, 15) is 5.26 Å². The van der Waals surface area contributed by atoms with E-state index in [1.165, 1.54) is 11.3 Å². The fraction of sp³-hybridized carbons (Fsp3) is 0. The summed E-state index contributed by atoms with van der Waals surface area (Å²) in [6, 6.07) is 15.2. The predicted octanol–water partition coefficient (Wildman–Crippen LogP) is 6.86. The molecular weight excluding hydrogens is 441 g/mol. The molecule has 0 atom stereocenters. The number of allylic oxidation sites excluding steroid dienone is 1. The van der Waals surface area contributed by atoms with Gasteiger partial charge in [0.15, 0.2) is 0 Å². The van der Waals surface area contributed by atoms with Crippen molar-refractivity contribution in [3.8, 4) is 17.3 Å². The summed E-state index contributed by atoms with van der Waals surface area (Å²) in [5, 5.41) is 16.0. The largest absolute Gasteiger partial charge is 0.360 e. The van der Waals surface area contributed by atoms with Gasteiger partial charge in [-0.05, 0) is 36.4 Å². The highest BCUT2D eigenvalue weighted by molar-refractivity contribution is 9.10. The van der Waals surface area contributed by atoms with Crippen LogP contribution >= 0.6 is 50.5 Å². The van der Waals surface area contributed by atoms with E-state index in [4.69, 9.17) is 23.2 Å². The van der Waals surface area contributed by atoms with Crippen molar-refractivity contribution in [1.29, 1.82) is 5.26 Å². The third-order valence-corrected chi connectivity index (χ3v) is 5.44. The van der Waals surface area contributed by atoms with Crippen molar-refractivity contribution in [3.63, 3.8) is 0 Å². The Balaban J connectivity index is 1.83. The Kier molecular flexibility index (Phi) is 5.77. The first-order valence-corrected chi connectivity index (χ1v) is 9.53. The normalized spacial score (nSPS) is 11.2. The summed E-state index contributed by atoms with van der Waals surface area (Å²) < 4.78 is 0.994. The molecule has 0 aliphatic heterocycles. The molecule has 0 amide bonds. The molecule has 0 fully saturated rings. The second-order valence-electron chi connectivity index (χ2n) is 4.99. The molecule has 1 heterocycles. The summed E-state index contributed by atoms with van der Waals surface area (Å²) in [5.41, 5.74) is 2.95. The highest BCUT2D eigenvalue weighted by Gasteiger charge is 2.10. The topological polar surface area (TPSA) is 48.7 Å². The van der Waals surface area contributed by atoms with Crippen LogP contribution in [0.15, 0.2) is 58.5 Å². The molecule has 0 aliphatic carbocycles. The molecule has 0 radical (unpaired) electrons. The van der Waals surface area contributed by atoms with E-state index in [1.54, 1.807) is 18.3 Å². The highest BCUT2D eigenvalue weighted by Crippen LogP contribution is 2.30. The Labute approximate surface area is 167 Å². The lowest BCUT2D eigenvalue weighted by atomic mass is 10.2. The number of hydrogen-bond acceptors (Lipinski definition) is 4. The molecule has 1 N–H and O–H groups in total. The van der Waals surface area contributed by atoms with Crippen LogP contribution < -0.4 is 5.32 Å². The van der Waals surface area contributed by atoms with Crippen LogP contribution in [0.5, 0.6) is 0 Å². The van der Waals surface area contributed by atoms with E-state index >= 15 is 0 Å². The van der Waals surface area contributed by atoms with Gasteiger partial charge in [0.25, 0.3) is 0 Å². The molecule has 0 aliphatic rings. The number of thiazole rings is 1. The molecule has 0 spiro atoms. The lowest BCUT2D eigenvalue weighted by molar-refractivity contribution is 1.36. The minimum Gasteiger partial charge on any atom is -0.360 e. The number of aromatic nitrogens is 1. The Morgan fingerprint density at radius 2 is 1.92 bits per heavy atom. The molecule has 25 heavy (non-hydrogen) atoms. The van der Waals surface area contributed by atoms with Gasteiger partial charge in [-0.3, -0.25) is 0 Å². The van der Waals surface area contributed by atoms with Crippen molar-refractivity contribution in [2.45, 2.75) is 0 Å². The molecule has 0 bridgehead atoms. The van der Waals surface area contributed by atoms with E-state index in [1.807, 2.05) is 35.7 Å². The predicted molar refractivity (Wildman–Crippen MR) is 109 cm³/mol. The number of halogens is 3. The fourth-order valence-corrected chi connectivity index (χ4v) is 3.39. The number of nitrogens with one attached hydrogen (secondary N) is 1. The SMILES string of the molecule is N#CC(=CNc1ccc(Br)cc1)c1nc(-c2ccc(Cl)c(Cl)c2)cs1. The van der Waals surface area contributed by atoms with E-state index in [0.29, 0.717) is 20.6 Å². The summed E-state index contributed by atoms with van der Waals surface area (Å²) in [4.78, 5) is 4.53. The van der Waals surface area contributed by atoms with Crippen LogP contribution in [-0.2, 0) is 0 Å². The number of rotatable bonds is 4. The van der Waals surface area contributed by atoms with Gasteiger partial charge in [0.2, 0.25) is 0 Å². The van der Waals surface area contributed by atoms with Crippen LogP contribution in [0.1, 0.15) is 5.01 Å². The van der Waals surface area contributed by atoms with Gasteiger partial charge in [-0.25, -0.2) is 4.98 Å². The van der Waals surface area contributed by atoms with Crippen LogP contribution in [0.25, 0.3) is 16.8 Å². The second kappa shape index (κ2) is 8.03.